The van der Waals surface area contributed by atoms with Crippen LogP contribution in [0.15, 0.2) is 71.0 Å². The van der Waals surface area contributed by atoms with Crippen molar-refractivity contribution in [2.75, 3.05) is 6.61 Å². The Labute approximate surface area is 232 Å². The summed E-state index contributed by atoms with van der Waals surface area (Å²) in [4.78, 5) is 17.2. The van der Waals surface area contributed by atoms with Gasteiger partial charge in [-0.15, -0.1) is 0 Å². The first-order valence-corrected chi connectivity index (χ1v) is 14.4. The molecular formula is C34H41FN2O2. The second-order valence-corrected chi connectivity index (χ2v) is 11.9. The topological polar surface area (TPSA) is 44.1 Å². The van der Waals surface area contributed by atoms with Gasteiger partial charge in [-0.05, 0) is 113 Å². The molecule has 2 aromatic heterocycles. The average molecular weight is 529 g/mol. The SMILES string of the molecule is C=CC1(F)CCC(CCC2C=C(c3ccc(=O)n(C)c3)c3ncc(C4=C(C)OCC(C)=C4C)cc3CC2)CC1. The molecule has 3 heterocycles. The van der Waals surface area contributed by atoms with Gasteiger partial charge in [0.05, 0.1) is 5.69 Å². The van der Waals surface area contributed by atoms with Gasteiger partial charge in [-0.25, -0.2) is 4.39 Å². The smallest absolute Gasteiger partial charge is 0.250 e. The van der Waals surface area contributed by atoms with Gasteiger partial charge in [0.2, 0.25) is 5.56 Å². The fourth-order valence-electron chi connectivity index (χ4n) is 6.43. The number of hydrogen-bond acceptors (Lipinski definition) is 3. The molecule has 0 amide bonds. The van der Waals surface area contributed by atoms with Crippen molar-refractivity contribution in [2.24, 2.45) is 18.9 Å². The van der Waals surface area contributed by atoms with Crippen LogP contribution in [0.1, 0.15) is 88.1 Å². The molecule has 0 spiro atoms. The van der Waals surface area contributed by atoms with Crippen LogP contribution in [0.25, 0.3) is 11.1 Å². The van der Waals surface area contributed by atoms with E-state index in [9.17, 15) is 9.18 Å². The number of fused-ring (bicyclic) bond motifs is 1. The second kappa shape index (κ2) is 11.1. The van der Waals surface area contributed by atoms with Crippen LogP contribution in [0.3, 0.4) is 0 Å². The maximum absolute atomic E-state index is 14.6. The van der Waals surface area contributed by atoms with Crippen molar-refractivity contribution in [3.8, 4) is 0 Å². The zero-order chi connectivity index (χ0) is 27.7. The minimum atomic E-state index is -1.18. The summed E-state index contributed by atoms with van der Waals surface area (Å²) >= 11 is 0. The van der Waals surface area contributed by atoms with Crippen LogP contribution in [-0.4, -0.2) is 21.8 Å². The number of allylic oxidation sites excluding steroid dienone is 5. The second-order valence-electron chi connectivity index (χ2n) is 11.9. The number of pyridine rings is 2. The Morgan fingerprint density at radius 2 is 1.92 bits per heavy atom. The van der Waals surface area contributed by atoms with Crippen molar-refractivity contribution in [3.05, 3.63) is 99.0 Å². The first-order chi connectivity index (χ1) is 18.7. The molecule has 1 aliphatic heterocycles. The molecule has 1 fully saturated rings. The predicted octanol–water partition coefficient (Wildman–Crippen LogP) is 7.74. The summed E-state index contributed by atoms with van der Waals surface area (Å²) in [6.45, 7) is 10.7. The third-order valence-electron chi connectivity index (χ3n) is 9.21. The van der Waals surface area contributed by atoms with Gasteiger partial charge in [0.15, 0.2) is 0 Å². The molecule has 0 bridgehead atoms. The molecule has 0 N–H and O–H groups in total. The van der Waals surface area contributed by atoms with Crippen LogP contribution in [0.5, 0.6) is 0 Å². The Bertz CT molecular complexity index is 1420. The molecule has 4 nitrogen and oxygen atoms in total. The van der Waals surface area contributed by atoms with Gasteiger partial charge >= 0.3 is 0 Å². The van der Waals surface area contributed by atoms with E-state index in [1.807, 2.05) is 25.4 Å². The molecule has 5 heteroatoms. The van der Waals surface area contributed by atoms with Gasteiger partial charge in [0, 0.05) is 47.8 Å². The van der Waals surface area contributed by atoms with Gasteiger partial charge in [-0.1, -0.05) is 18.7 Å². The standard InChI is InChI=1S/C34H41FN2O2/c1-6-34(35)15-13-25(14-16-34)7-8-26-9-10-27-18-29(32-23(3)22(2)21-39-24(32)4)19-36-33(27)30(17-26)28-11-12-31(38)37(5)20-28/h6,11-12,17-20,25-26H,1,7-10,13-16,21H2,2-5H3. The van der Waals surface area contributed by atoms with Crippen molar-refractivity contribution in [2.45, 2.75) is 77.8 Å². The lowest BCUT2D eigenvalue weighted by Crippen LogP contribution is -2.27. The molecule has 5 rings (SSSR count). The quantitative estimate of drug-likeness (QED) is 0.360. The number of aromatic nitrogens is 2. The molecule has 1 atom stereocenters. The summed E-state index contributed by atoms with van der Waals surface area (Å²) in [6, 6.07) is 5.85. The molecule has 0 saturated heterocycles. The summed E-state index contributed by atoms with van der Waals surface area (Å²) < 4.78 is 22.2. The minimum Gasteiger partial charge on any atom is -0.493 e. The number of rotatable bonds is 6. The highest BCUT2D eigenvalue weighted by Gasteiger charge is 2.32. The number of ether oxygens (including phenoxy) is 1. The van der Waals surface area contributed by atoms with Crippen molar-refractivity contribution in [1.82, 2.24) is 9.55 Å². The molecule has 3 aliphatic rings. The molecule has 1 unspecified atom stereocenters. The van der Waals surface area contributed by atoms with Crippen LogP contribution in [0, 0.1) is 11.8 Å². The largest absolute Gasteiger partial charge is 0.493 e. The van der Waals surface area contributed by atoms with Crippen molar-refractivity contribution in [1.29, 1.82) is 0 Å². The maximum atomic E-state index is 14.6. The first-order valence-electron chi connectivity index (χ1n) is 14.4. The van der Waals surface area contributed by atoms with Crippen LogP contribution in [0.2, 0.25) is 0 Å². The highest BCUT2D eigenvalue weighted by molar-refractivity contribution is 5.84. The normalized spacial score (nSPS) is 25.5. The van der Waals surface area contributed by atoms with Crippen molar-refractivity contribution in [3.63, 3.8) is 0 Å². The third-order valence-corrected chi connectivity index (χ3v) is 9.21. The molecule has 2 aliphatic carbocycles. The van der Waals surface area contributed by atoms with Gasteiger partial charge in [0.25, 0.3) is 0 Å². The lowest BCUT2D eigenvalue weighted by Gasteiger charge is -2.32. The van der Waals surface area contributed by atoms with Gasteiger partial charge in [-0.3, -0.25) is 9.78 Å². The molecule has 0 aromatic carbocycles. The van der Waals surface area contributed by atoms with E-state index in [4.69, 9.17) is 9.72 Å². The van der Waals surface area contributed by atoms with Gasteiger partial charge < -0.3 is 9.30 Å². The van der Waals surface area contributed by atoms with E-state index in [0.29, 0.717) is 31.3 Å². The monoisotopic (exact) mass is 528 g/mol. The molecule has 2 aromatic rings. The number of hydrogen-bond donors (Lipinski definition) is 0. The summed E-state index contributed by atoms with van der Waals surface area (Å²) in [5.41, 5.74) is 7.90. The third kappa shape index (κ3) is 5.73. The Balaban J connectivity index is 1.45. The van der Waals surface area contributed by atoms with E-state index in [1.165, 1.54) is 22.8 Å². The zero-order valence-corrected chi connectivity index (χ0v) is 23.9. The highest BCUT2D eigenvalue weighted by Crippen LogP contribution is 2.41. The number of alkyl halides is 1. The van der Waals surface area contributed by atoms with Gasteiger partial charge in [-0.2, -0.15) is 0 Å². The minimum absolute atomic E-state index is 0.0221. The molecular weight excluding hydrogens is 487 g/mol. The van der Waals surface area contributed by atoms with Crippen LogP contribution in [-0.2, 0) is 18.2 Å². The summed E-state index contributed by atoms with van der Waals surface area (Å²) in [5, 5.41) is 0. The van der Waals surface area contributed by atoms with E-state index < -0.39 is 5.67 Å². The lowest BCUT2D eigenvalue weighted by atomic mass is 9.77. The Kier molecular flexibility index (Phi) is 7.80. The fourth-order valence-corrected chi connectivity index (χ4v) is 6.43. The zero-order valence-electron chi connectivity index (χ0n) is 23.9. The summed E-state index contributed by atoms with van der Waals surface area (Å²) in [7, 11) is 1.80. The first kappa shape index (κ1) is 27.4. The average Bonchev–Trinajstić information content (AvgIpc) is 3.11. The number of aryl methyl sites for hydroxylation is 2. The van der Waals surface area contributed by atoms with E-state index in [-0.39, 0.29) is 5.56 Å². The Hall–Kier alpha value is -3.21. The van der Waals surface area contributed by atoms with Crippen molar-refractivity contribution < 1.29 is 9.13 Å². The van der Waals surface area contributed by atoms with Crippen LogP contribution >= 0.6 is 0 Å². The summed E-state index contributed by atoms with van der Waals surface area (Å²) in [5.74, 6) is 1.91. The molecule has 206 valence electrons. The lowest BCUT2D eigenvalue weighted by molar-refractivity contribution is 0.127. The number of halogens is 1. The maximum Gasteiger partial charge on any atom is 0.250 e. The Morgan fingerprint density at radius 3 is 2.64 bits per heavy atom. The highest BCUT2D eigenvalue weighted by atomic mass is 19.1. The van der Waals surface area contributed by atoms with Crippen LogP contribution < -0.4 is 5.56 Å². The van der Waals surface area contributed by atoms with Gasteiger partial charge in [0.1, 0.15) is 18.0 Å². The summed E-state index contributed by atoms with van der Waals surface area (Å²) in [6.07, 6.45) is 15.0. The van der Waals surface area contributed by atoms with E-state index >= 15 is 0 Å². The molecule has 1 saturated carbocycles. The van der Waals surface area contributed by atoms with E-state index in [0.717, 1.165) is 72.3 Å². The molecule has 0 radical (unpaired) electrons. The van der Waals surface area contributed by atoms with Crippen LogP contribution in [0.4, 0.5) is 4.39 Å². The predicted molar refractivity (Wildman–Crippen MR) is 157 cm³/mol. The van der Waals surface area contributed by atoms with E-state index in [2.05, 4.69) is 32.6 Å². The van der Waals surface area contributed by atoms with Crippen molar-refractivity contribution >= 4 is 11.1 Å². The number of nitrogens with zero attached hydrogens (tertiary/aromatic N) is 2. The molecule has 39 heavy (non-hydrogen) atoms. The van der Waals surface area contributed by atoms with E-state index in [1.54, 1.807) is 17.7 Å². The fraction of sp³-hybridized carbons (Fsp3) is 0.471. The Morgan fingerprint density at radius 1 is 1.15 bits per heavy atom.